The highest BCUT2D eigenvalue weighted by Crippen LogP contribution is 2.26. The zero-order chi connectivity index (χ0) is 19.6. The summed E-state index contributed by atoms with van der Waals surface area (Å²) in [5, 5.41) is 9.72. The molecule has 0 amide bonds. The van der Waals surface area contributed by atoms with E-state index < -0.39 is 6.61 Å². The van der Waals surface area contributed by atoms with Crippen molar-refractivity contribution >= 4 is 5.96 Å². The zero-order valence-electron chi connectivity index (χ0n) is 15.5. The molecule has 0 aliphatic heterocycles. The van der Waals surface area contributed by atoms with Gasteiger partial charge in [0.2, 0.25) is 5.89 Å². The van der Waals surface area contributed by atoms with E-state index in [2.05, 4.69) is 30.5 Å². The van der Waals surface area contributed by atoms with Gasteiger partial charge in [0.15, 0.2) is 11.8 Å². The topological polar surface area (TPSA) is 93.8 Å². The lowest BCUT2D eigenvalue weighted by Gasteiger charge is -2.15. The van der Waals surface area contributed by atoms with Gasteiger partial charge in [0, 0.05) is 25.2 Å². The van der Waals surface area contributed by atoms with Gasteiger partial charge in [-0.2, -0.15) is 13.8 Å². The van der Waals surface area contributed by atoms with E-state index in [1.54, 1.807) is 26.1 Å². The molecular weight excluding hydrogens is 360 g/mol. The highest BCUT2D eigenvalue weighted by molar-refractivity contribution is 5.79. The fourth-order valence-corrected chi connectivity index (χ4v) is 2.17. The Kier molecular flexibility index (Phi) is 7.78. The first kappa shape index (κ1) is 20.4. The fraction of sp³-hybridized carbons (Fsp3) is 0.471. The van der Waals surface area contributed by atoms with E-state index in [0.29, 0.717) is 35.6 Å². The second-order valence-corrected chi connectivity index (χ2v) is 5.51. The Hall–Kier alpha value is -2.91. The average molecular weight is 383 g/mol. The van der Waals surface area contributed by atoms with Crippen LogP contribution in [0.4, 0.5) is 8.78 Å². The quantitative estimate of drug-likeness (QED) is 0.508. The number of benzene rings is 1. The van der Waals surface area contributed by atoms with Gasteiger partial charge in [0.05, 0.1) is 13.2 Å². The molecule has 10 heteroatoms. The number of guanidine groups is 1. The van der Waals surface area contributed by atoms with E-state index >= 15 is 0 Å². The molecule has 0 spiro atoms. The van der Waals surface area contributed by atoms with Crippen LogP contribution in [0.5, 0.6) is 11.5 Å². The molecular formula is C17H23F2N5O3. The lowest BCUT2D eigenvalue weighted by molar-refractivity contribution is -0.0505. The molecule has 0 saturated carbocycles. The van der Waals surface area contributed by atoms with Gasteiger partial charge in [0.25, 0.3) is 0 Å². The van der Waals surface area contributed by atoms with Gasteiger partial charge in [0.1, 0.15) is 11.5 Å². The molecule has 0 saturated heterocycles. The summed E-state index contributed by atoms with van der Waals surface area (Å²) in [6.07, 6.45) is 0.815. The van der Waals surface area contributed by atoms with Gasteiger partial charge < -0.3 is 24.6 Å². The molecule has 0 bridgehead atoms. The predicted molar refractivity (Wildman–Crippen MR) is 94.9 cm³/mol. The van der Waals surface area contributed by atoms with Crippen molar-refractivity contribution in [1.29, 1.82) is 0 Å². The summed E-state index contributed by atoms with van der Waals surface area (Å²) in [6, 6.07) is 4.84. The van der Waals surface area contributed by atoms with Crippen molar-refractivity contribution in [2.75, 3.05) is 13.7 Å². The van der Waals surface area contributed by atoms with Crippen LogP contribution < -0.4 is 20.1 Å². The highest BCUT2D eigenvalue weighted by Gasteiger charge is 2.12. The van der Waals surface area contributed by atoms with Crippen molar-refractivity contribution in [1.82, 2.24) is 20.8 Å². The van der Waals surface area contributed by atoms with Crippen molar-refractivity contribution in [3.05, 3.63) is 35.5 Å². The number of hydrogen-bond acceptors (Lipinski definition) is 6. The number of rotatable bonds is 9. The third kappa shape index (κ3) is 6.72. The Morgan fingerprint density at radius 3 is 2.70 bits per heavy atom. The molecule has 2 rings (SSSR count). The SMILES string of the molecule is CCCOc1ccc(CNC(=NC)NCc2nc(C)no2)c(OC(F)F)c1. The van der Waals surface area contributed by atoms with Crippen LogP contribution in [0, 0.1) is 6.92 Å². The van der Waals surface area contributed by atoms with Gasteiger partial charge in [-0.25, -0.2) is 0 Å². The van der Waals surface area contributed by atoms with Crippen LogP contribution in [-0.2, 0) is 13.1 Å². The minimum atomic E-state index is -2.93. The fourth-order valence-electron chi connectivity index (χ4n) is 2.17. The maximum Gasteiger partial charge on any atom is 0.387 e. The second kappa shape index (κ2) is 10.3. The Bertz CT molecular complexity index is 752. The molecule has 2 aromatic rings. The molecule has 0 fully saturated rings. The van der Waals surface area contributed by atoms with E-state index in [0.717, 1.165) is 6.42 Å². The number of aryl methyl sites for hydroxylation is 1. The van der Waals surface area contributed by atoms with Gasteiger partial charge in [-0.15, -0.1) is 0 Å². The first-order valence-corrected chi connectivity index (χ1v) is 8.46. The number of halogens is 2. The monoisotopic (exact) mass is 383 g/mol. The molecule has 0 aliphatic rings. The maximum absolute atomic E-state index is 12.7. The van der Waals surface area contributed by atoms with Crippen LogP contribution in [0.15, 0.2) is 27.7 Å². The van der Waals surface area contributed by atoms with Crippen molar-refractivity contribution < 1.29 is 22.8 Å². The standard InChI is InChI=1S/C17H23F2N5O3/c1-4-7-25-13-6-5-12(14(8-13)26-16(18)19)9-21-17(20-3)22-10-15-23-11(2)24-27-15/h5-6,8,16H,4,7,9-10H2,1-3H3,(H2,20,21,22). The summed E-state index contributed by atoms with van der Waals surface area (Å²) in [5.41, 5.74) is 0.538. The van der Waals surface area contributed by atoms with Crippen molar-refractivity contribution in [3.8, 4) is 11.5 Å². The molecule has 0 aliphatic carbocycles. The van der Waals surface area contributed by atoms with Crippen LogP contribution in [0.2, 0.25) is 0 Å². The summed E-state index contributed by atoms with van der Waals surface area (Å²) >= 11 is 0. The van der Waals surface area contributed by atoms with Gasteiger partial charge in [-0.3, -0.25) is 4.99 Å². The average Bonchev–Trinajstić information content (AvgIpc) is 3.06. The minimum Gasteiger partial charge on any atom is -0.493 e. The number of aromatic nitrogens is 2. The first-order valence-electron chi connectivity index (χ1n) is 8.46. The van der Waals surface area contributed by atoms with E-state index in [-0.39, 0.29) is 18.8 Å². The second-order valence-electron chi connectivity index (χ2n) is 5.51. The molecule has 1 aromatic heterocycles. The predicted octanol–water partition coefficient (Wildman–Crippen LogP) is 2.63. The molecule has 8 nitrogen and oxygen atoms in total. The zero-order valence-corrected chi connectivity index (χ0v) is 15.5. The van der Waals surface area contributed by atoms with Crippen molar-refractivity contribution in [3.63, 3.8) is 0 Å². The van der Waals surface area contributed by atoms with Crippen LogP contribution in [-0.4, -0.2) is 36.4 Å². The first-order chi connectivity index (χ1) is 13.0. The Morgan fingerprint density at radius 1 is 1.30 bits per heavy atom. The third-order valence-corrected chi connectivity index (χ3v) is 3.37. The Balaban J connectivity index is 1.98. The molecule has 2 N–H and O–H groups in total. The van der Waals surface area contributed by atoms with Crippen LogP contribution in [0.25, 0.3) is 0 Å². The molecule has 0 atom stereocenters. The summed E-state index contributed by atoms with van der Waals surface area (Å²) < 4.78 is 40.5. The molecule has 148 valence electrons. The van der Waals surface area contributed by atoms with E-state index in [9.17, 15) is 8.78 Å². The summed E-state index contributed by atoms with van der Waals surface area (Å²) in [7, 11) is 1.59. The van der Waals surface area contributed by atoms with E-state index in [1.807, 2.05) is 6.92 Å². The van der Waals surface area contributed by atoms with E-state index in [4.69, 9.17) is 9.26 Å². The highest BCUT2D eigenvalue weighted by atomic mass is 19.3. The van der Waals surface area contributed by atoms with E-state index in [1.165, 1.54) is 6.07 Å². The van der Waals surface area contributed by atoms with Gasteiger partial charge >= 0.3 is 6.61 Å². The molecule has 0 radical (unpaired) electrons. The lowest BCUT2D eigenvalue weighted by Crippen LogP contribution is -2.36. The number of nitrogens with one attached hydrogen (secondary N) is 2. The summed E-state index contributed by atoms with van der Waals surface area (Å²) in [5.74, 6) is 1.92. The van der Waals surface area contributed by atoms with Crippen LogP contribution in [0.3, 0.4) is 0 Å². The number of ether oxygens (including phenoxy) is 2. The van der Waals surface area contributed by atoms with Crippen molar-refractivity contribution in [2.24, 2.45) is 4.99 Å². The largest absolute Gasteiger partial charge is 0.493 e. The Morgan fingerprint density at radius 2 is 2.07 bits per heavy atom. The van der Waals surface area contributed by atoms with Crippen molar-refractivity contribution in [2.45, 2.75) is 40.0 Å². The summed E-state index contributed by atoms with van der Waals surface area (Å²) in [6.45, 7) is 1.76. The number of aliphatic imine (C=N–C) groups is 1. The van der Waals surface area contributed by atoms with Gasteiger partial charge in [-0.1, -0.05) is 12.1 Å². The summed E-state index contributed by atoms with van der Waals surface area (Å²) in [4.78, 5) is 8.14. The normalized spacial score (nSPS) is 11.6. The van der Waals surface area contributed by atoms with Crippen LogP contribution >= 0.6 is 0 Å². The van der Waals surface area contributed by atoms with Gasteiger partial charge in [-0.05, 0) is 25.5 Å². The number of nitrogens with zero attached hydrogens (tertiary/aromatic N) is 3. The number of hydrogen-bond donors (Lipinski definition) is 2. The number of alkyl halides is 2. The minimum absolute atomic E-state index is 0.0501. The lowest BCUT2D eigenvalue weighted by atomic mass is 10.2. The maximum atomic E-state index is 12.7. The smallest absolute Gasteiger partial charge is 0.387 e. The Labute approximate surface area is 156 Å². The molecule has 27 heavy (non-hydrogen) atoms. The third-order valence-electron chi connectivity index (χ3n) is 3.37. The molecule has 0 unspecified atom stereocenters. The molecule has 1 heterocycles. The van der Waals surface area contributed by atoms with Crippen LogP contribution in [0.1, 0.15) is 30.6 Å². The molecule has 1 aromatic carbocycles.